The molecule has 1 heteroatoms. The highest BCUT2D eigenvalue weighted by Gasteiger charge is 2.61. The van der Waals surface area contributed by atoms with Crippen LogP contribution in [0.5, 0.6) is 0 Å². The second kappa shape index (κ2) is 7.28. The highest BCUT2D eigenvalue weighted by molar-refractivity contribution is 7.15. The van der Waals surface area contributed by atoms with Crippen molar-refractivity contribution in [3.05, 3.63) is 145 Å². The van der Waals surface area contributed by atoms with Crippen molar-refractivity contribution in [3.8, 4) is 0 Å². The van der Waals surface area contributed by atoms with Gasteiger partial charge in [-0.25, -0.2) is 10.9 Å². The lowest BCUT2D eigenvalue weighted by Crippen LogP contribution is -2.47. The van der Waals surface area contributed by atoms with Crippen LogP contribution in [-0.2, 0) is 0 Å². The molecular formula is C30H24B-. The number of benzene rings is 4. The Labute approximate surface area is 184 Å². The van der Waals surface area contributed by atoms with E-state index in [-0.39, 0.29) is 0 Å². The van der Waals surface area contributed by atoms with Gasteiger partial charge in [-0.3, -0.25) is 0 Å². The van der Waals surface area contributed by atoms with Gasteiger partial charge in [-0.05, 0) is 11.1 Å². The van der Waals surface area contributed by atoms with Gasteiger partial charge in [0.15, 0.2) is 0 Å². The standard InChI is InChI=1S/C30H24B/c1-5-13-23(14-6-1)27-21-22-28(24-15-7-2-8-16-24)30-29(27)31(30,25-17-9-3-10-18-25)26-19-11-4-12-20-26/h1-22,29-30H/q-1. The molecule has 1 aliphatic carbocycles. The molecule has 0 bridgehead atoms. The fourth-order valence-corrected chi connectivity index (χ4v) is 6.22. The quantitative estimate of drug-likeness (QED) is 0.362. The summed E-state index contributed by atoms with van der Waals surface area (Å²) in [7, 11) is 0. The normalized spacial score (nSPS) is 20.9. The van der Waals surface area contributed by atoms with Gasteiger partial charge in [0.2, 0.25) is 0 Å². The van der Waals surface area contributed by atoms with Gasteiger partial charge in [0.1, 0.15) is 0 Å². The zero-order valence-electron chi connectivity index (χ0n) is 17.4. The minimum atomic E-state index is -0.943. The minimum Gasteiger partial charge on any atom is -0.204 e. The number of rotatable bonds is 4. The van der Waals surface area contributed by atoms with Crippen molar-refractivity contribution in [1.82, 2.24) is 0 Å². The van der Waals surface area contributed by atoms with E-state index in [0.717, 1.165) is 0 Å². The van der Waals surface area contributed by atoms with Crippen molar-refractivity contribution in [1.29, 1.82) is 0 Å². The van der Waals surface area contributed by atoms with Crippen LogP contribution in [0.1, 0.15) is 11.1 Å². The maximum Gasteiger partial charge on any atom is 0.0636 e. The predicted molar refractivity (Wildman–Crippen MR) is 134 cm³/mol. The first-order valence-electron chi connectivity index (χ1n) is 11.2. The molecule has 6 rings (SSSR count). The molecule has 1 saturated heterocycles. The Hall–Kier alpha value is -3.58. The molecule has 4 aromatic rings. The summed E-state index contributed by atoms with van der Waals surface area (Å²) in [6.45, 7) is 0. The highest BCUT2D eigenvalue weighted by Crippen LogP contribution is 2.71. The van der Waals surface area contributed by atoms with Crippen molar-refractivity contribution in [2.24, 2.45) is 0 Å². The number of hydrogen-bond donors (Lipinski definition) is 0. The van der Waals surface area contributed by atoms with Crippen LogP contribution >= 0.6 is 0 Å². The molecule has 1 aliphatic heterocycles. The Morgan fingerprint density at radius 2 is 0.710 bits per heavy atom. The molecule has 4 aromatic carbocycles. The first-order valence-corrected chi connectivity index (χ1v) is 11.2. The minimum absolute atomic E-state index is 0.479. The summed E-state index contributed by atoms with van der Waals surface area (Å²) in [5, 5.41) is 0. The van der Waals surface area contributed by atoms with Crippen molar-refractivity contribution < 1.29 is 0 Å². The van der Waals surface area contributed by atoms with E-state index in [1.165, 1.54) is 33.2 Å². The summed E-state index contributed by atoms with van der Waals surface area (Å²) in [6.07, 6.45) is 3.82. The summed E-state index contributed by atoms with van der Waals surface area (Å²) in [6, 6.07) is 44.3. The van der Waals surface area contributed by atoms with Crippen molar-refractivity contribution in [3.63, 3.8) is 0 Å². The lowest BCUT2D eigenvalue weighted by molar-refractivity contribution is 1.21. The largest absolute Gasteiger partial charge is 0.204 e. The fraction of sp³-hybridized carbons (Fsp3) is 0.0667. The molecule has 2 aliphatic rings. The third-order valence-corrected chi connectivity index (χ3v) is 7.46. The lowest BCUT2D eigenvalue weighted by atomic mass is 9.28. The van der Waals surface area contributed by atoms with E-state index in [0.29, 0.717) is 11.6 Å². The van der Waals surface area contributed by atoms with Crippen LogP contribution in [0.2, 0.25) is 11.6 Å². The molecule has 0 saturated carbocycles. The third kappa shape index (κ3) is 2.77. The molecule has 2 unspecified atom stereocenters. The molecule has 148 valence electrons. The molecule has 1 heterocycles. The Balaban J connectivity index is 1.61. The summed E-state index contributed by atoms with van der Waals surface area (Å²) in [5.41, 5.74) is 8.56. The number of hydrogen-bond acceptors (Lipinski definition) is 0. The van der Waals surface area contributed by atoms with Gasteiger partial charge in [0.05, 0.1) is 6.15 Å². The van der Waals surface area contributed by atoms with Gasteiger partial charge < -0.3 is 0 Å². The third-order valence-electron chi connectivity index (χ3n) is 7.46. The average Bonchev–Trinajstić information content (AvgIpc) is 3.57. The van der Waals surface area contributed by atoms with E-state index < -0.39 is 6.15 Å². The van der Waals surface area contributed by atoms with Gasteiger partial charge in [0.25, 0.3) is 0 Å². The molecule has 0 spiro atoms. The van der Waals surface area contributed by atoms with E-state index >= 15 is 0 Å². The Kier molecular flexibility index (Phi) is 4.28. The molecule has 0 aromatic heterocycles. The second-order valence-electron chi connectivity index (χ2n) is 8.85. The Bertz CT molecular complexity index is 1150. The summed E-state index contributed by atoms with van der Waals surface area (Å²) >= 11 is 0. The molecule has 2 atom stereocenters. The van der Waals surface area contributed by atoms with Crippen molar-refractivity contribution in [2.45, 2.75) is 11.6 Å². The van der Waals surface area contributed by atoms with Crippen LogP contribution in [0.15, 0.2) is 133 Å². The molecular weight excluding hydrogens is 371 g/mol. The highest BCUT2D eigenvalue weighted by atomic mass is 14.5. The van der Waals surface area contributed by atoms with Gasteiger partial charge in [-0.1, -0.05) is 145 Å². The van der Waals surface area contributed by atoms with Gasteiger partial charge in [0, 0.05) is 0 Å². The van der Waals surface area contributed by atoms with Crippen LogP contribution in [-0.4, -0.2) is 6.15 Å². The number of fused-ring (bicyclic) bond motifs is 1. The van der Waals surface area contributed by atoms with Crippen molar-refractivity contribution >= 4 is 28.2 Å². The summed E-state index contributed by atoms with van der Waals surface area (Å²) in [4.78, 5) is 0. The fourth-order valence-electron chi connectivity index (χ4n) is 6.22. The molecule has 31 heavy (non-hydrogen) atoms. The Morgan fingerprint density at radius 1 is 0.387 bits per heavy atom. The van der Waals surface area contributed by atoms with E-state index in [4.69, 9.17) is 0 Å². The van der Waals surface area contributed by atoms with Crippen LogP contribution < -0.4 is 10.9 Å². The van der Waals surface area contributed by atoms with Crippen LogP contribution in [0.4, 0.5) is 0 Å². The summed E-state index contributed by atoms with van der Waals surface area (Å²) in [5.74, 6) is 0.958. The van der Waals surface area contributed by atoms with E-state index in [2.05, 4.69) is 133 Å². The molecule has 0 radical (unpaired) electrons. The summed E-state index contributed by atoms with van der Waals surface area (Å²) < 4.78 is 0. The van der Waals surface area contributed by atoms with Crippen molar-refractivity contribution in [2.75, 3.05) is 0 Å². The topological polar surface area (TPSA) is 0 Å². The van der Waals surface area contributed by atoms with Gasteiger partial charge in [-0.2, -0.15) is 11.6 Å². The first kappa shape index (κ1) is 18.2. The van der Waals surface area contributed by atoms with Gasteiger partial charge in [-0.15, -0.1) is 0 Å². The van der Waals surface area contributed by atoms with E-state index in [1.807, 2.05) is 0 Å². The first-order chi connectivity index (χ1) is 15.4. The van der Waals surface area contributed by atoms with Crippen LogP contribution in [0.25, 0.3) is 11.1 Å². The molecule has 1 fully saturated rings. The predicted octanol–water partition coefficient (Wildman–Crippen LogP) is 6.18. The molecule has 0 amide bonds. The zero-order chi connectivity index (χ0) is 20.7. The smallest absolute Gasteiger partial charge is 0.0636 e. The second-order valence-corrected chi connectivity index (χ2v) is 8.85. The lowest BCUT2D eigenvalue weighted by Gasteiger charge is -2.28. The van der Waals surface area contributed by atoms with E-state index in [9.17, 15) is 0 Å². The maximum atomic E-state index is 2.38. The van der Waals surface area contributed by atoms with E-state index in [1.54, 1.807) is 0 Å². The average molecular weight is 395 g/mol. The maximum absolute atomic E-state index is 2.38. The number of allylic oxidation sites excluding steroid dienone is 4. The van der Waals surface area contributed by atoms with Gasteiger partial charge >= 0.3 is 0 Å². The monoisotopic (exact) mass is 395 g/mol. The molecule has 0 N–H and O–H groups in total. The molecule has 0 nitrogen and oxygen atoms in total. The SMILES string of the molecule is C1=C(c2ccccc2)C2C(C(c3ccccc3)=C1)[B-]2(c1ccccc1)c1ccccc1. The Morgan fingerprint density at radius 3 is 1.06 bits per heavy atom. The van der Waals surface area contributed by atoms with Crippen LogP contribution in [0.3, 0.4) is 0 Å². The zero-order valence-corrected chi connectivity index (χ0v) is 17.4. The van der Waals surface area contributed by atoms with Crippen LogP contribution in [0, 0.1) is 0 Å².